The highest BCUT2D eigenvalue weighted by molar-refractivity contribution is 7.09. The smallest absolute Gasteiger partial charge is 0.0927 e. The molecule has 2 rings (SSSR count). The molecular formula is C11H18N2S. The highest BCUT2D eigenvalue weighted by Crippen LogP contribution is 2.31. The van der Waals surface area contributed by atoms with Crippen molar-refractivity contribution < 1.29 is 0 Å². The summed E-state index contributed by atoms with van der Waals surface area (Å²) < 4.78 is 0. The van der Waals surface area contributed by atoms with E-state index in [0.29, 0.717) is 6.04 Å². The van der Waals surface area contributed by atoms with Crippen molar-refractivity contribution in [2.75, 3.05) is 0 Å². The van der Waals surface area contributed by atoms with Gasteiger partial charge in [-0.3, -0.25) is 0 Å². The molecule has 2 N–H and O–H groups in total. The maximum absolute atomic E-state index is 6.00. The summed E-state index contributed by atoms with van der Waals surface area (Å²) >= 11 is 1.77. The normalized spacial score (nSPS) is 33.1. The largest absolute Gasteiger partial charge is 0.328 e. The Hall–Kier alpha value is -0.410. The molecule has 3 heteroatoms. The van der Waals surface area contributed by atoms with E-state index in [0.717, 1.165) is 18.3 Å². The van der Waals surface area contributed by atoms with Crippen LogP contribution in [0.4, 0.5) is 0 Å². The first kappa shape index (κ1) is 10.1. The lowest BCUT2D eigenvalue weighted by Crippen LogP contribution is -2.33. The highest BCUT2D eigenvalue weighted by atomic mass is 32.1. The van der Waals surface area contributed by atoms with Gasteiger partial charge in [0.15, 0.2) is 0 Å². The fraction of sp³-hybridized carbons (Fsp3) is 0.727. The average molecular weight is 210 g/mol. The quantitative estimate of drug-likeness (QED) is 0.814. The Kier molecular flexibility index (Phi) is 3.19. The van der Waals surface area contributed by atoms with E-state index in [-0.39, 0.29) is 0 Å². The molecule has 3 unspecified atom stereocenters. The van der Waals surface area contributed by atoms with Crippen LogP contribution in [0.1, 0.15) is 31.2 Å². The number of nitrogens with zero attached hydrogens (tertiary/aromatic N) is 1. The minimum absolute atomic E-state index is 0.427. The number of hydrogen-bond donors (Lipinski definition) is 1. The van der Waals surface area contributed by atoms with Gasteiger partial charge in [-0.1, -0.05) is 6.92 Å². The lowest BCUT2D eigenvalue weighted by molar-refractivity contribution is 0.231. The molecule has 3 atom stereocenters. The van der Waals surface area contributed by atoms with Crippen molar-refractivity contribution in [2.24, 2.45) is 17.6 Å². The molecular weight excluding hydrogens is 192 g/mol. The fourth-order valence-corrected chi connectivity index (χ4v) is 3.03. The number of rotatable bonds is 2. The van der Waals surface area contributed by atoms with Gasteiger partial charge in [0, 0.05) is 24.0 Å². The Bertz CT molecular complexity index is 271. The Morgan fingerprint density at radius 1 is 1.57 bits per heavy atom. The molecule has 1 fully saturated rings. The molecule has 2 nitrogen and oxygen atoms in total. The summed E-state index contributed by atoms with van der Waals surface area (Å²) in [7, 11) is 0. The van der Waals surface area contributed by atoms with Gasteiger partial charge in [0.1, 0.15) is 0 Å². The zero-order valence-corrected chi connectivity index (χ0v) is 9.46. The Morgan fingerprint density at radius 3 is 3.14 bits per heavy atom. The highest BCUT2D eigenvalue weighted by Gasteiger charge is 2.26. The van der Waals surface area contributed by atoms with Gasteiger partial charge in [0.05, 0.1) is 5.01 Å². The van der Waals surface area contributed by atoms with Gasteiger partial charge in [0.2, 0.25) is 0 Å². The molecule has 0 amide bonds. The number of aromatic nitrogens is 1. The van der Waals surface area contributed by atoms with Crippen LogP contribution >= 0.6 is 11.3 Å². The van der Waals surface area contributed by atoms with Gasteiger partial charge in [-0.05, 0) is 31.1 Å². The summed E-state index contributed by atoms with van der Waals surface area (Å²) in [4.78, 5) is 4.35. The summed E-state index contributed by atoms with van der Waals surface area (Å²) in [5.74, 6) is 1.57. The molecule has 78 valence electrons. The molecule has 0 bridgehead atoms. The molecule has 1 aliphatic rings. The van der Waals surface area contributed by atoms with Crippen LogP contribution in [0.15, 0.2) is 11.6 Å². The molecule has 1 saturated carbocycles. The molecule has 1 aromatic rings. The van der Waals surface area contributed by atoms with Crippen LogP contribution in [-0.4, -0.2) is 11.0 Å². The van der Waals surface area contributed by atoms with Crippen LogP contribution in [0.25, 0.3) is 0 Å². The predicted octanol–water partition coefficient (Wildman–Crippen LogP) is 2.45. The average Bonchev–Trinajstić information content (AvgIpc) is 2.64. The van der Waals surface area contributed by atoms with Gasteiger partial charge in [-0.15, -0.1) is 11.3 Å². The minimum Gasteiger partial charge on any atom is -0.328 e. The summed E-state index contributed by atoms with van der Waals surface area (Å²) in [5.41, 5.74) is 6.00. The van der Waals surface area contributed by atoms with Crippen LogP contribution in [0, 0.1) is 11.8 Å². The fourth-order valence-electron chi connectivity index (χ4n) is 2.31. The molecule has 0 radical (unpaired) electrons. The van der Waals surface area contributed by atoms with Crippen molar-refractivity contribution in [3.63, 3.8) is 0 Å². The molecule has 0 saturated heterocycles. The lowest BCUT2D eigenvalue weighted by atomic mass is 9.77. The molecule has 0 aromatic carbocycles. The maximum atomic E-state index is 6.00. The molecule has 0 aliphatic heterocycles. The van der Waals surface area contributed by atoms with Gasteiger partial charge in [-0.25, -0.2) is 4.98 Å². The van der Waals surface area contributed by atoms with E-state index in [1.807, 2.05) is 6.20 Å². The van der Waals surface area contributed by atoms with Crippen molar-refractivity contribution in [1.29, 1.82) is 0 Å². The van der Waals surface area contributed by atoms with Gasteiger partial charge < -0.3 is 5.73 Å². The van der Waals surface area contributed by atoms with E-state index >= 15 is 0 Å². The SMILES string of the molecule is CC1CCC(N)CC1Cc1nccs1. The van der Waals surface area contributed by atoms with Crippen LogP contribution in [-0.2, 0) is 6.42 Å². The second kappa shape index (κ2) is 4.41. The van der Waals surface area contributed by atoms with Crippen molar-refractivity contribution in [1.82, 2.24) is 4.98 Å². The summed E-state index contributed by atoms with van der Waals surface area (Å²) in [6.45, 7) is 2.35. The van der Waals surface area contributed by atoms with E-state index in [4.69, 9.17) is 5.73 Å². The topological polar surface area (TPSA) is 38.9 Å². The minimum atomic E-state index is 0.427. The van der Waals surface area contributed by atoms with Crippen molar-refractivity contribution in [3.8, 4) is 0 Å². The third-order valence-electron chi connectivity index (χ3n) is 3.32. The number of thiazole rings is 1. The van der Waals surface area contributed by atoms with Crippen molar-refractivity contribution in [2.45, 2.75) is 38.6 Å². The third-order valence-corrected chi connectivity index (χ3v) is 4.13. The van der Waals surface area contributed by atoms with E-state index in [1.54, 1.807) is 11.3 Å². The van der Waals surface area contributed by atoms with Crippen LogP contribution in [0.5, 0.6) is 0 Å². The summed E-state index contributed by atoms with van der Waals surface area (Å²) in [6, 6.07) is 0.427. The third kappa shape index (κ3) is 2.34. The summed E-state index contributed by atoms with van der Waals surface area (Å²) in [6.07, 6.45) is 6.70. The second-order valence-electron chi connectivity index (χ2n) is 4.44. The molecule has 1 heterocycles. The van der Waals surface area contributed by atoms with E-state index in [2.05, 4.69) is 17.3 Å². The van der Waals surface area contributed by atoms with Gasteiger partial charge in [0.25, 0.3) is 0 Å². The first-order valence-corrected chi connectivity index (χ1v) is 6.27. The first-order valence-electron chi connectivity index (χ1n) is 5.39. The predicted molar refractivity (Wildman–Crippen MR) is 60.3 cm³/mol. The lowest BCUT2D eigenvalue weighted by Gasteiger charge is -2.32. The number of hydrogen-bond acceptors (Lipinski definition) is 3. The monoisotopic (exact) mass is 210 g/mol. The van der Waals surface area contributed by atoms with Crippen LogP contribution in [0.2, 0.25) is 0 Å². The number of nitrogens with two attached hydrogens (primary N) is 1. The van der Waals surface area contributed by atoms with Gasteiger partial charge in [-0.2, -0.15) is 0 Å². The molecule has 0 spiro atoms. The molecule has 1 aliphatic carbocycles. The second-order valence-corrected chi connectivity index (χ2v) is 5.42. The first-order chi connectivity index (χ1) is 6.75. The van der Waals surface area contributed by atoms with E-state index in [1.165, 1.54) is 24.3 Å². The Balaban J connectivity index is 1.95. The summed E-state index contributed by atoms with van der Waals surface area (Å²) in [5, 5.41) is 3.33. The van der Waals surface area contributed by atoms with Crippen molar-refractivity contribution >= 4 is 11.3 Å². The standard InChI is InChI=1S/C11H18N2S/c1-8-2-3-10(12)6-9(8)7-11-13-4-5-14-11/h4-5,8-10H,2-3,6-7,12H2,1H3. The Labute approximate surface area is 89.5 Å². The van der Waals surface area contributed by atoms with E-state index in [9.17, 15) is 0 Å². The van der Waals surface area contributed by atoms with Crippen LogP contribution in [0.3, 0.4) is 0 Å². The van der Waals surface area contributed by atoms with Crippen LogP contribution < -0.4 is 5.73 Å². The van der Waals surface area contributed by atoms with E-state index < -0.39 is 0 Å². The Morgan fingerprint density at radius 2 is 2.43 bits per heavy atom. The zero-order chi connectivity index (χ0) is 9.97. The maximum Gasteiger partial charge on any atom is 0.0927 e. The zero-order valence-electron chi connectivity index (χ0n) is 8.65. The molecule has 1 aromatic heterocycles. The van der Waals surface area contributed by atoms with Crippen molar-refractivity contribution in [3.05, 3.63) is 16.6 Å². The van der Waals surface area contributed by atoms with Gasteiger partial charge >= 0.3 is 0 Å². The molecule has 14 heavy (non-hydrogen) atoms.